The lowest BCUT2D eigenvalue weighted by molar-refractivity contribution is -0.133. The number of nitrogens with one attached hydrogen (secondary N) is 2. The third-order valence-electron chi connectivity index (χ3n) is 3.90. The summed E-state index contributed by atoms with van der Waals surface area (Å²) in [6.07, 6.45) is 3.62. The first-order valence-electron chi connectivity index (χ1n) is 6.79. The smallest absolute Gasteiger partial charge is 0.312 e. The van der Waals surface area contributed by atoms with Crippen LogP contribution in [-0.2, 0) is 15.1 Å². The largest absolute Gasteiger partial charge is 0.323 e. The Morgan fingerprint density at radius 1 is 1.32 bits per heavy atom. The zero-order valence-corrected chi connectivity index (χ0v) is 12.8. The maximum absolute atomic E-state index is 12.9. The minimum absolute atomic E-state index is 0.315. The highest BCUT2D eigenvalue weighted by Crippen LogP contribution is 2.45. The quantitative estimate of drug-likeness (QED) is 0.494. The van der Waals surface area contributed by atoms with Crippen LogP contribution >= 0.6 is 11.6 Å². The van der Waals surface area contributed by atoms with E-state index in [-0.39, 0.29) is 0 Å². The standard InChI is InChI=1S/C15H14ClN3O3/c1-3-4-5-19-11-8(2)6-9(16)7-10(11)15(13(19)21)12(20)17-14(22)18-15/h3-4,6-7H,5H2,1-2H3,(H2,17,18,20,22)/b4-3+. The number of carbonyl (C=O) groups is 3. The van der Waals surface area contributed by atoms with Gasteiger partial charge in [0.1, 0.15) is 0 Å². The Labute approximate surface area is 132 Å². The lowest BCUT2D eigenvalue weighted by Crippen LogP contribution is -2.52. The fourth-order valence-corrected chi connectivity index (χ4v) is 3.25. The van der Waals surface area contributed by atoms with E-state index in [2.05, 4.69) is 10.6 Å². The van der Waals surface area contributed by atoms with Gasteiger partial charge < -0.3 is 10.2 Å². The van der Waals surface area contributed by atoms with Gasteiger partial charge in [0.15, 0.2) is 0 Å². The molecule has 1 aromatic rings. The van der Waals surface area contributed by atoms with Gasteiger partial charge in [0.05, 0.1) is 5.69 Å². The Morgan fingerprint density at radius 3 is 2.64 bits per heavy atom. The third-order valence-corrected chi connectivity index (χ3v) is 4.12. The molecule has 0 radical (unpaired) electrons. The molecule has 6 nitrogen and oxygen atoms in total. The van der Waals surface area contributed by atoms with E-state index in [1.165, 1.54) is 4.90 Å². The molecule has 3 rings (SSSR count). The average Bonchev–Trinajstić information content (AvgIpc) is 2.86. The van der Waals surface area contributed by atoms with Crippen LogP contribution in [-0.4, -0.2) is 24.4 Å². The molecular formula is C15H14ClN3O3. The van der Waals surface area contributed by atoms with Crippen molar-refractivity contribution in [3.63, 3.8) is 0 Å². The molecule has 2 heterocycles. The van der Waals surface area contributed by atoms with Gasteiger partial charge in [0.25, 0.3) is 11.8 Å². The SMILES string of the molecule is C/C=C/CN1C(=O)C2(NC(=O)NC2=O)c2cc(Cl)cc(C)c21. The Morgan fingerprint density at radius 2 is 2.05 bits per heavy atom. The number of halogens is 1. The van der Waals surface area contributed by atoms with Crippen molar-refractivity contribution in [1.82, 2.24) is 10.6 Å². The van der Waals surface area contributed by atoms with Crippen LogP contribution in [0, 0.1) is 6.92 Å². The Kier molecular flexibility index (Phi) is 3.21. The van der Waals surface area contributed by atoms with Gasteiger partial charge in [-0.25, -0.2) is 4.79 Å². The zero-order valence-electron chi connectivity index (χ0n) is 12.1. The van der Waals surface area contributed by atoms with Crippen molar-refractivity contribution in [3.8, 4) is 0 Å². The summed E-state index contributed by atoms with van der Waals surface area (Å²) in [5, 5.41) is 5.02. The predicted octanol–water partition coefficient (Wildman–Crippen LogP) is 1.61. The molecule has 0 saturated carbocycles. The molecule has 1 saturated heterocycles. The third kappa shape index (κ3) is 1.77. The number of allylic oxidation sites excluding steroid dienone is 1. The van der Waals surface area contributed by atoms with Gasteiger partial charge in [0.2, 0.25) is 5.54 Å². The van der Waals surface area contributed by atoms with Gasteiger partial charge in [-0.1, -0.05) is 23.8 Å². The van der Waals surface area contributed by atoms with E-state index in [1.807, 2.05) is 26.0 Å². The second-order valence-electron chi connectivity index (χ2n) is 5.26. The number of imide groups is 1. The summed E-state index contributed by atoms with van der Waals surface area (Å²) in [6, 6.07) is 2.60. The lowest BCUT2D eigenvalue weighted by Gasteiger charge is -2.20. The minimum Gasteiger partial charge on any atom is -0.312 e. The van der Waals surface area contributed by atoms with E-state index < -0.39 is 23.4 Å². The summed E-state index contributed by atoms with van der Waals surface area (Å²) in [5.41, 5.74) is 0.0790. The molecule has 0 bridgehead atoms. The summed E-state index contributed by atoms with van der Waals surface area (Å²) in [6.45, 7) is 3.97. The number of hydrogen-bond donors (Lipinski definition) is 2. The molecule has 1 atom stereocenters. The van der Waals surface area contributed by atoms with Gasteiger partial charge in [0, 0.05) is 17.1 Å². The van der Waals surface area contributed by atoms with Gasteiger partial charge in [-0.2, -0.15) is 0 Å². The van der Waals surface area contributed by atoms with E-state index in [1.54, 1.807) is 12.1 Å². The van der Waals surface area contributed by atoms with Gasteiger partial charge in [-0.15, -0.1) is 0 Å². The van der Waals surface area contributed by atoms with Crippen LogP contribution in [0.25, 0.3) is 0 Å². The number of hydrogen-bond acceptors (Lipinski definition) is 3. The number of amides is 4. The molecule has 2 aliphatic heterocycles. The van der Waals surface area contributed by atoms with Crippen molar-refractivity contribution < 1.29 is 14.4 Å². The molecule has 114 valence electrons. The van der Waals surface area contributed by atoms with Crippen LogP contribution in [0.2, 0.25) is 5.02 Å². The number of nitrogens with zero attached hydrogens (tertiary/aromatic N) is 1. The number of rotatable bonds is 2. The van der Waals surface area contributed by atoms with Crippen LogP contribution in [0.3, 0.4) is 0 Å². The highest BCUT2D eigenvalue weighted by molar-refractivity contribution is 6.32. The Bertz CT molecular complexity index is 744. The Hall–Kier alpha value is -2.34. The van der Waals surface area contributed by atoms with Crippen molar-refractivity contribution in [2.75, 3.05) is 11.4 Å². The molecule has 2 N–H and O–H groups in total. The molecule has 0 aliphatic carbocycles. The van der Waals surface area contributed by atoms with Gasteiger partial charge in [-0.05, 0) is 31.5 Å². The molecule has 1 aromatic carbocycles. The summed E-state index contributed by atoms with van der Waals surface area (Å²) in [5.74, 6) is -1.15. The van der Waals surface area contributed by atoms with Crippen LogP contribution in [0.1, 0.15) is 18.1 Å². The van der Waals surface area contributed by atoms with Crippen molar-refractivity contribution in [2.45, 2.75) is 19.4 Å². The van der Waals surface area contributed by atoms with E-state index in [0.717, 1.165) is 5.56 Å². The van der Waals surface area contributed by atoms with Crippen molar-refractivity contribution in [3.05, 3.63) is 40.4 Å². The lowest BCUT2D eigenvalue weighted by atomic mass is 9.90. The van der Waals surface area contributed by atoms with E-state index in [9.17, 15) is 14.4 Å². The molecule has 22 heavy (non-hydrogen) atoms. The normalized spacial score (nSPS) is 23.4. The first-order chi connectivity index (χ1) is 10.4. The summed E-state index contributed by atoms with van der Waals surface area (Å²) in [7, 11) is 0. The monoisotopic (exact) mass is 319 g/mol. The first kappa shape index (κ1) is 14.6. The van der Waals surface area contributed by atoms with Gasteiger partial charge in [-0.3, -0.25) is 14.9 Å². The number of anilines is 1. The van der Waals surface area contributed by atoms with Gasteiger partial charge >= 0.3 is 6.03 Å². The van der Waals surface area contributed by atoms with Crippen LogP contribution in [0.5, 0.6) is 0 Å². The number of aryl methyl sites for hydroxylation is 1. The number of urea groups is 1. The molecule has 1 unspecified atom stereocenters. The van der Waals surface area contributed by atoms with Crippen LogP contribution in [0.15, 0.2) is 24.3 Å². The molecule has 7 heteroatoms. The number of benzene rings is 1. The van der Waals surface area contributed by atoms with E-state index in [0.29, 0.717) is 22.8 Å². The fourth-order valence-electron chi connectivity index (χ4n) is 2.98. The van der Waals surface area contributed by atoms with Crippen molar-refractivity contribution in [1.29, 1.82) is 0 Å². The first-order valence-corrected chi connectivity index (χ1v) is 7.17. The minimum atomic E-state index is -1.72. The summed E-state index contributed by atoms with van der Waals surface area (Å²) in [4.78, 5) is 38.3. The number of fused-ring (bicyclic) bond motifs is 2. The number of carbonyl (C=O) groups excluding carboxylic acids is 3. The predicted molar refractivity (Wildman–Crippen MR) is 81.7 cm³/mol. The Balaban J connectivity index is 2.26. The van der Waals surface area contributed by atoms with Crippen molar-refractivity contribution >= 4 is 35.1 Å². The summed E-state index contributed by atoms with van der Waals surface area (Å²) >= 11 is 6.09. The zero-order chi connectivity index (χ0) is 16.1. The van der Waals surface area contributed by atoms with E-state index >= 15 is 0 Å². The molecule has 2 aliphatic rings. The highest BCUT2D eigenvalue weighted by Gasteiger charge is 2.61. The van der Waals surface area contributed by atoms with Crippen molar-refractivity contribution in [2.24, 2.45) is 0 Å². The second-order valence-corrected chi connectivity index (χ2v) is 5.70. The topological polar surface area (TPSA) is 78.5 Å². The highest BCUT2D eigenvalue weighted by atomic mass is 35.5. The molecule has 1 spiro atoms. The summed E-state index contributed by atoms with van der Waals surface area (Å²) < 4.78 is 0. The maximum atomic E-state index is 12.9. The van der Waals surface area contributed by atoms with E-state index in [4.69, 9.17) is 11.6 Å². The average molecular weight is 320 g/mol. The molecule has 0 aromatic heterocycles. The second kappa shape index (κ2) is 4.84. The van der Waals surface area contributed by atoms with Crippen LogP contribution < -0.4 is 15.5 Å². The molecule has 4 amide bonds. The van der Waals surface area contributed by atoms with Crippen LogP contribution in [0.4, 0.5) is 10.5 Å². The fraction of sp³-hybridized carbons (Fsp3) is 0.267. The molecule has 1 fully saturated rings. The molecular weight excluding hydrogens is 306 g/mol. The maximum Gasteiger partial charge on any atom is 0.323 e.